The number of thioether (sulfide) groups is 1. The van der Waals surface area contributed by atoms with Crippen LogP contribution in [0.15, 0.2) is 66.7 Å². The molecule has 0 spiro atoms. The first-order valence-corrected chi connectivity index (χ1v) is 11.4. The van der Waals surface area contributed by atoms with Crippen molar-refractivity contribution in [3.05, 3.63) is 87.1 Å². The normalized spacial score (nSPS) is 11.7. The summed E-state index contributed by atoms with van der Waals surface area (Å²) in [6.07, 6.45) is 0. The summed E-state index contributed by atoms with van der Waals surface area (Å²) in [5.74, 6) is 0.957. The Morgan fingerprint density at radius 1 is 1.07 bits per heavy atom. The minimum absolute atomic E-state index is 0.0242. The van der Waals surface area contributed by atoms with Gasteiger partial charge in [0.1, 0.15) is 0 Å². The van der Waals surface area contributed by atoms with E-state index in [9.17, 15) is 9.59 Å². The number of nitrogens with one attached hydrogen (secondary N) is 2. The summed E-state index contributed by atoms with van der Waals surface area (Å²) >= 11 is 9.01. The van der Waals surface area contributed by atoms with E-state index in [1.54, 1.807) is 23.9 Å². The van der Waals surface area contributed by atoms with E-state index in [1.165, 1.54) is 11.3 Å². The molecule has 0 fully saturated rings. The van der Waals surface area contributed by atoms with Gasteiger partial charge >= 0.3 is 0 Å². The lowest BCUT2D eigenvalue weighted by molar-refractivity contribution is -0.119. The average Bonchev–Trinajstić information content (AvgIpc) is 3.14. The molecule has 3 aromatic rings. The second-order valence-corrected chi connectivity index (χ2v) is 9.22. The molecule has 1 atom stereocenters. The van der Waals surface area contributed by atoms with Crippen molar-refractivity contribution in [1.82, 2.24) is 5.32 Å². The van der Waals surface area contributed by atoms with E-state index in [4.69, 9.17) is 11.6 Å². The topological polar surface area (TPSA) is 58.2 Å². The van der Waals surface area contributed by atoms with Crippen molar-refractivity contribution >= 4 is 52.2 Å². The number of hydrogen-bond acceptors (Lipinski definition) is 4. The molecular formula is C22H21ClN2O2S2. The predicted octanol–water partition coefficient (Wildman–Crippen LogP) is 5.76. The minimum Gasteiger partial charge on any atom is -0.349 e. The Balaban J connectivity index is 1.51. The summed E-state index contributed by atoms with van der Waals surface area (Å²) < 4.78 is 0.762. The quantitative estimate of drug-likeness (QED) is 0.464. The fourth-order valence-electron chi connectivity index (χ4n) is 2.72. The summed E-state index contributed by atoms with van der Waals surface area (Å²) in [7, 11) is 0. The zero-order valence-corrected chi connectivity index (χ0v) is 18.2. The van der Waals surface area contributed by atoms with Gasteiger partial charge < -0.3 is 10.6 Å². The van der Waals surface area contributed by atoms with Crippen molar-refractivity contribution < 1.29 is 9.59 Å². The molecule has 0 radical (unpaired) electrons. The number of hydrogen-bond donors (Lipinski definition) is 2. The SMILES string of the molecule is CC(NC(=O)CSCc1ccc(Cl)s1)c1cccc(NC(=O)c2ccccc2)c1. The largest absolute Gasteiger partial charge is 0.349 e. The van der Waals surface area contributed by atoms with E-state index in [-0.39, 0.29) is 17.9 Å². The first-order chi connectivity index (χ1) is 14.0. The lowest BCUT2D eigenvalue weighted by Gasteiger charge is -2.15. The molecule has 2 amide bonds. The monoisotopic (exact) mass is 444 g/mol. The molecule has 2 N–H and O–H groups in total. The number of carbonyl (C=O) groups excluding carboxylic acids is 2. The van der Waals surface area contributed by atoms with Crippen LogP contribution in [0.1, 0.15) is 33.8 Å². The number of carbonyl (C=O) groups is 2. The fraction of sp³-hybridized carbons (Fsp3) is 0.182. The molecule has 7 heteroatoms. The van der Waals surface area contributed by atoms with Crippen LogP contribution in [0, 0.1) is 0 Å². The second kappa shape index (κ2) is 10.5. The highest BCUT2D eigenvalue weighted by atomic mass is 35.5. The molecule has 3 rings (SSSR count). The van der Waals surface area contributed by atoms with Gasteiger partial charge in [-0.3, -0.25) is 9.59 Å². The Morgan fingerprint density at radius 2 is 1.86 bits per heavy atom. The Kier molecular flexibility index (Phi) is 7.75. The summed E-state index contributed by atoms with van der Waals surface area (Å²) in [5.41, 5.74) is 2.23. The minimum atomic E-state index is -0.162. The molecule has 0 saturated carbocycles. The predicted molar refractivity (Wildman–Crippen MR) is 123 cm³/mol. The van der Waals surface area contributed by atoms with Crippen molar-refractivity contribution in [2.75, 3.05) is 11.1 Å². The van der Waals surface area contributed by atoms with Gasteiger partial charge in [0, 0.05) is 21.9 Å². The molecule has 0 aliphatic carbocycles. The molecule has 0 bridgehead atoms. The van der Waals surface area contributed by atoms with E-state index < -0.39 is 0 Å². The molecule has 0 aliphatic rings. The molecule has 0 aliphatic heterocycles. The van der Waals surface area contributed by atoms with Crippen molar-refractivity contribution in [2.24, 2.45) is 0 Å². The Bertz CT molecular complexity index is 976. The molecule has 29 heavy (non-hydrogen) atoms. The first kappa shape index (κ1) is 21.4. The summed E-state index contributed by atoms with van der Waals surface area (Å²) in [6, 6.07) is 20.3. The molecule has 4 nitrogen and oxygen atoms in total. The van der Waals surface area contributed by atoms with Gasteiger partial charge in [-0.2, -0.15) is 0 Å². The van der Waals surface area contributed by atoms with Crippen molar-refractivity contribution in [2.45, 2.75) is 18.7 Å². The number of rotatable bonds is 8. The average molecular weight is 445 g/mol. The van der Waals surface area contributed by atoms with Crippen LogP contribution in [-0.2, 0) is 10.5 Å². The lowest BCUT2D eigenvalue weighted by Crippen LogP contribution is -2.28. The number of thiophene rings is 1. The third-order valence-electron chi connectivity index (χ3n) is 4.16. The van der Waals surface area contributed by atoms with Gasteiger partial charge in [0.25, 0.3) is 5.91 Å². The van der Waals surface area contributed by atoms with Gasteiger partial charge in [-0.15, -0.1) is 23.1 Å². The Labute approximate surface area is 183 Å². The van der Waals surface area contributed by atoms with E-state index in [1.807, 2.05) is 61.5 Å². The van der Waals surface area contributed by atoms with E-state index in [2.05, 4.69) is 10.6 Å². The van der Waals surface area contributed by atoms with Crippen LogP contribution in [0.5, 0.6) is 0 Å². The Morgan fingerprint density at radius 3 is 2.59 bits per heavy atom. The van der Waals surface area contributed by atoms with Gasteiger partial charge in [-0.05, 0) is 48.9 Å². The summed E-state index contributed by atoms with van der Waals surface area (Å²) in [6.45, 7) is 1.93. The maximum absolute atomic E-state index is 12.3. The maximum atomic E-state index is 12.3. The summed E-state index contributed by atoms with van der Waals surface area (Å²) in [5, 5.41) is 5.90. The van der Waals surface area contributed by atoms with Crippen molar-refractivity contribution in [3.63, 3.8) is 0 Å². The molecule has 150 valence electrons. The van der Waals surface area contributed by atoms with Crippen LogP contribution < -0.4 is 10.6 Å². The van der Waals surface area contributed by atoms with E-state index >= 15 is 0 Å². The van der Waals surface area contributed by atoms with Gasteiger partial charge in [-0.25, -0.2) is 0 Å². The van der Waals surface area contributed by atoms with Gasteiger partial charge in [0.2, 0.25) is 5.91 Å². The molecule has 0 saturated heterocycles. The smallest absolute Gasteiger partial charge is 0.255 e. The number of benzene rings is 2. The van der Waals surface area contributed by atoms with Crippen LogP contribution >= 0.6 is 34.7 Å². The van der Waals surface area contributed by atoms with Crippen LogP contribution in [0.3, 0.4) is 0 Å². The zero-order chi connectivity index (χ0) is 20.6. The highest BCUT2D eigenvalue weighted by Gasteiger charge is 2.12. The van der Waals surface area contributed by atoms with E-state index in [0.717, 1.165) is 20.5 Å². The maximum Gasteiger partial charge on any atom is 0.255 e. The lowest BCUT2D eigenvalue weighted by atomic mass is 10.1. The second-order valence-electron chi connectivity index (χ2n) is 6.43. The highest BCUT2D eigenvalue weighted by Crippen LogP contribution is 2.25. The summed E-state index contributed by atoms with van der Waals surface area (Å²) in [4.78, 5) is 25.7. The van der Waals surface area contributed by atoms with Crippen LogP contribution in [0.4, 0.5) is 5.69 Å². The highest BCUT2D eigenvalue weighted by molar-refractivity contribution is 7.99. The van der Waals surface area contributed by atoms with Crippen LogP contribution in [0.25, 0.3) is 0 Å². The standard InChI is InChI=1S/C22H21ClN2O2S2/c1-15(24-21(26)14-28-13-19-10-11-20(23)29-19)17-8-5-9-18(12-17)25-22(27)16-6-3-2-4-7-16/h2-12,15H,13-14H2,1H3,(H,24,26)(H,25,27). The van der Waals surface area contributed by atoms with Crippen molar-refractivity contribution in [3.8, 4) is 0 Å². The van der Waals surface area contributed by atoms with Crippen LogP contribution in [-0.4, -0.2) is 17.6 Å². The molecule has 1 aromatic heterocycles. The molecular weight excluding hydrogens is 424 g/mol. The number of amides is 2. The van der Waals surface area contributed by atoms with Gasteiger partial charge in [0.15, 0.2) is 0 Å². The Hall–Kier alpha value is -2.28. The van der Waals surface area contributed by atoms with Gasteiger partial charge in [-0.1, -0.05) is 41.9 Å². The van der Waals surface area contributed by atoms with Gasteiger partial charge in [0.05, 0.1) is 16.1 Å². The number of anilines is 1. The third kappa shape index (κ3) is 6.63. The fourth-order valence-corrected chi connectivity index (χ4v) is 4.76. The zero-order valence-electron chi connectivity index (χ0n) is 15.9. The third-order valence-corrected chi connectivity index (χ3v) is 6.56. The molecule has 1 heterocycles. The first-order valence-electron chi connectivity index (χ1n) is 9.09. The van der Waals surface area contributed by atoms with E-state index in [0.29, 0.717) is 17.0 Å². The number of halogens is 1. The van der Waals surface area contributed by atoms with Crippen LogP contribution in [0.2, 0.25) is 4.34 Å². The van der Waals surface area contributed by atoms with Crippen molar-refractivity contribution in [1.29, 1.82) is 0 Å². The molecule has 1 unspecified atom stereocenters. The molecule has 2 aromatic carbocycles.